The van der Waals surface area contributed by atoms with Crippen LogP contribution in [0.5, 0.6) is 5.88 Å². The predicted octanol–water partition coefficient (Wildman–Crippen LogP) is 2.56. The van der Waals surface area contributed by atoms with Gasteiger partial charge in [-0.15, -0.1) is 11.3 Å². The van der Waals surface area contributed by atoms with E-state index in [0.29, 0.717) is 19.0 Å². The number of nitrogens with zero attached hydrogens (tertiary/aromatic N) is 3. The summed E-state index contributed by atoms with van der Waals surface area (Å²) in [4.78, 5) is 12.7. The molecule has 2 heterocycles. The van der Waals surface area contributed by atoms with Gasteiger partial charge >= 0.3 is 0 Å². The number of anilines is 1. The number of rotatable bonds is 5. The van der Waals surface area contributed by atoms with Gasteiger partial charge in [0.25, 0.3) is 0 Å². The molecule has 0 amide bonds. The fraction of sp³-hybridized carbons (Fsp3) is 0.417. The van der Waals surface area contributed by atoms with Gasteiger partial charge in [-0.05, 0) is 20.8 Å². The molecule has 0 saturated heterocycles. The molecular formula is C12H16N4OS. The standard InChI is InChI=1S/C12H16N4OS/c1-4-17-12-8(2)11(14-7-15-12)13-5-10-6-18-9(3)16-10/h6-7H,4-5H2,1-3H3,(H,13,14,15). The normalized spacial score (nSPS) is 10.4. The van der Waals surface area contributed by atoms with E-state index in [2.05, 4.69) is 20.3 Å². The Bertz CT molecular complexity index is 527. The molecule has 2 aromatic rings. The number of thiazole rings is 1. The number of nitrogens with one attached hydrogen (secondary N) is 1. The van der Waals surface area contributed by atoms with Gasteiger partial charge in [0.1, 0.15) is 12.1 Å². The fourth-order valence-electron chi connectivity index (χ4n) is 1.56. The minimum atomic E-state index is 0.600. The van der Waals surface area contributed by atoms with Crippen LogP contribution in [-0.4, -0.2) is 21.6 Å². The highest BCUT2D eigenvalue weighted by atomic mass is 32.1. The van der Waals surface area contributed by atoms with Gasteiger partial charge in [0.2, 0.25) is 5.88 Å². The molecule has 0 aliphatic heterocycles. The molecule has 0 aromatic carbocycles. The van der Waals surface area contributed by atoms with Gasteiger partial charge in [0, 0.05) is 5.38 Å². The Balaban J connectivity index is 2.07. The molecule has 0 spiro atoms. The van der Waals surface area contributed by atoms with E-state index in [4.69, 9.17) is 4.74 Å². The van der Waals surface area contributed by atoms with Crippen molar-refractivity contribution in [1.82, 2.24) is 15.0 Å². The zero-order valence-corrected chi connectivity index (χ0v) is 11.5. The summed E-state index contributed by atoms with van der Waals surface area (Å²) in [7, 11) is 0. The van der Waals surface area contributed by atoms with Crippen molar-refractivity contribution in [2.24, 2.45) is 0 Å². The Labute approximate surface area is 110 Å². The van der Waals surface area contributed by atoms with Crippen molar-refractivity contribution in [1.29, 1.82) is 0 Å². The number of aryl methyl sites for hydroxylation is 1. The van der Waals surface area contributed by atoms with Crippen LogP contribution in [0.2, 0.25) is 0 Å². The molecular weight excluding hydrogens is 248 g/mol. The van der Waals surface area contributed by atoms with Crippen LogP contribution in [-0.2, 0) is 6.54 Å². The molecule has 18 heavy (non-hydrogen) atoms. The monoisotopic (exact) mass is 264 g/mol. The third kappa shape index (κ3) is 2.95. The Morgan fingerprint density at radius 1 is 1.33 bits per heavy atom. The number of ether oxygens (including phenoxy) is 1. The summed E-state index contributed by atoms with van der Waals surface area (Å²) in [6.45, 7) is 7.14. The van der Waals surface area contributed by atoms with Crippen LogP contribution in [0.25, 0.3) is 0 Å². The molecule has 0 fully saturated rings. The lowest BCUT2D eigenvalue weighted by Gasteiger charge is -2.10. The molecule has 5 nitrogen and oxygen atoms in total. The molecule has 0 aliphatic rings. The molecule has 2 aromatic heterocycles. The van der Waals surface area contributed by atoms with Gasteiger partial charge < -0.3 is 10.1 Å². The third-order valence-electron chi connectivity index (χ3n) is 2.42. The number of hydrogen-bond acceptors (Lipinski definition) is 6. The maximum Gasteiger partial charge on any atom is 0.221 e. The van der Waals surface area contributed by atoms with Gasteiger partial charge in [0.05, 0.1) is 29.4 Å². The van der Waals surface area contributed by atoms with Crippen LogP contribution in [0.15, 0.2) is 11.7 Å². The van der Waals surface area contributed by atoms with E-state index < -0.39 is 0 Å². The minimum absolute atomic E-state index is 0.600. The third-order valence-corrected chi connectivity index (χ3v) is 3.24. The molecule has 0 radical (unpaired) electrons. The first-order valence-corrected chi connectivity index (χ1v) is 6.68. The van der Waals surface area contributed by atoms with Crippen LogP contribution in [0, 0.1) is 13.8 Å². The van der Waals surface area contributed by atoms with E-state index in [9.17, 15) is 0 Å². The summed E-state index contributed by atoms with van der Waals surface area (Å²) in [5, 5.41) is 6.37. The maximum atomic E-state index is 5.43. The van der Waals surface area contributed by atoms with Crippen molar-refractivity contribution in [3.63, 3.8) is 0 Å². The van der Waals surface area contributed by atoms with Gasteiger partial charge in [0.15, 0.2) is 0 Å². The Kier molecular flexibility index (Phi) is 4.09. The lowest BCUT2D eigenvalue weighted by molar-refractivity contribution is 0.324. The van der Waals surface area contributed by atoms with Crippen LogP contribution in [0.1, 0.15) is 23.2 Å². The quantitative estimate of drug-likeness (QED) is 0.899. The van der Waals surface area contributed by atoms with Crippen molar-refractivity contribution in [2.75, 3.05) is 11.9 Å². The van der Waals surface area contributed by atoms with E-state index in [1.165, 1.54) is 6.33 Å². The zero-order chi connectivity index (χ0) is 13.0. The lowest BCUT2D eigenvalue weighted by atomic mass is 10.3. The molecule has 0 unspecified atom stereocenters. The molecule has 0 saturated carbocycles. The van der Waals surface area contributed by atoms with E-state index in [1.54, 1.807) is 11.3 Å². The molecule has 0 aliphatic carbocycles. The summed E-state index contributed by atoms with van der Waals surface area (Å²) in [6.07, 6.45) is 1.51. The highest BCUT2D eigenvalue weighted by molar-refractivity contribution is 7.09. The minimum Gasteiger partial charge on any atom is -0.478 e. The smallest absolute Gasteiger partial charge is 0.221 e. The van der Waals surface area contributed by atoms with Crippen LogP contribution < -0.4 is 10.1 Å². The first-order chi connectivity index (χ1) is 8.70. The van der Waals surface area contributed by atoms with Crippen molar-refractivity contribution >= 4 is 17.2 Å². The zero-order valence-electron chi connectivity index (χ0n) is 10.7. The predicted molar refractivity (Wildman–Crippen MR) is 72.1 cm³/mol. The molecule has 0 bridgehead atoms. The Hall–Kier alpha value is -1.69. The van der Waals surface area contributed by atoms with E-state index >= 15 is 0 Å². The second-order valence-electron chi connectivity index (χ2n) is 3.80. The second-order valence-corrected chi connectivity index (χ2v) is 4.86. The molecule has 0 atom stereocenters. The highest BCUT2D eigenvalue weighted by Gasteiger charge is 2.08. The maximum absolute atomic E-state index is 5.43. The van der Waals surface area contributed by atoms with E-state index in [0.717, 1.165) is 22.1 Å². The average Bonchev–Trinajstić information content (AvgIpc) is 2.77. The topological polar surface area (TPSA) is 59.9 Å². The van der Waals surface area contributed by atoms with Crippen molar-refractivity contribution in [3.05, 3.63) is 28.0 Å². The summed E-state index contributed by atoms with van der Waals surface area (Å²) >= 11 is 1.65. The molecule has 96 valence electrons. The van der Waals surface area contributed by atoms with Crippen molar-refractivity contribution in [2.45, 2.75) is 27.3 Å². The van der Waals surface area contributed by atoms with E-state index in [-0.39, 0.29) is 0 Å². The van der Waals surface area contributed by atoms with Gasteiger partial charge in [-0.3, -0.25) is 0 Å². The van der Waals surface area contributed by atoms with Crippen molar-refractivity contribution < 1.29 is 4.74 Å². The SMILES string of the molecule is CCOc1ncnc(NCc2csc(C)n2)c1C. The lowest BCUT2D eigenvalue weighted by Crippen LogP contribution is -2.06. The fourth-order valence-corrected chi connectivity index (χ4v) is 2.17. The Morgan fingerprint density at radius 2 is 2.17 bits per heavy atom. The molecule has 1 N–H and O–H groups in total. The summed E-state index contributed by atoms with van der Waals surface area (Å²) in [5.74, 6) is 1.42. The largest absolute Gasteiger partial charge is 0.478 e. The highest BCUT2D eigenvalue weighted by Crippen LogP contribution is 2.21. The number of hydrogen-bond donors (Lipinski definition) is 1. The summed E-state index contributed by atoms with van der Waals surface area (Å²) in [5.41, 5.74) is 1.94. The van der Waals surface area contributed by atoms with Crippen LogP contribution in [0.3, 0.4) is 0 Å². The van der Waals surface area contributed by atoms with Crippen LogP contribution >= 0.6 is 11.3 Å². The first kappa shape index (κ1) is 12.8. The second kappa shape index (κ2) is 5.77. The summed E-state index contributed by atoms with van der Waals surface area (Å²) < 4.78 is 5.43. The average molecular weight is 264 g/mol. The van der Waals surface area contributed by atoms with Crippen LogP contribution in [0.4, 0.5) is 5.82 Å². The molecule has 6 heteroatoms. The first-order valence-electron chi connectivity index (χ1n) is 5.80. The molecule has 2 rings (SSSR count). The van der Waals surface area contributed by atoms with Gasteiger partial charge in [-0.2, -0.15) is 0 Å². The van der Waals surface area contributed by atoms with Gasteiger partial charge in [-0.25, -0.2) is 15.0 Å². The Morgan fingerprint density at radius 3 is 2.83 bits per heavy atom. The van der Waals surface area contributed by atoms with Crippen molar-refractivity contribution in [3.8, 4) is 5.88 Å². The van der Waals surface area contributed by atoms with E-state index in [1.807, 2.05) is 26.2 Å². The summed E-state index contributed by atoms with van der Waals surface area (Å²) in [6, 6.07) is 0. The van der Waals surface area contributed by atoms with Gasteiger partial charge in [-0.1, -0.05) is 0 Å². The number of aromatic nitrogens is 3.